The van der Waals surface area contributed by atoms with Gasteiger partial charge in [-0.05, 0) is 31.6 Å². The van der Waals surface area contributed by atoms with Gasteiger partial charge in [-0.25, -0.2) is 0 Å². The maximum Gasteiger partial charge on any atom is 0.128 e. The summed E-state index contributed by atoms with van der Waals surface area (Å²) in [5.41, 5.74) is 7.60. The van der Waals surface area contributed by atoms with Gasteiger partial charge in [-0.2, -0.15) is 0 Å². The average molecular weight is 189 g/mol. The Morgan fingerprint density at radius 3 is 2.86 bits per heavy atom. The number of nitrogens with two attached hydrogens (primary N) is 1. The Labute approximate surface area is 84.4 Å². The van der Waals surface area contributed by atoms with Crippen molar-refractivity contribution in [1.29, 1.82) is 0 Å². The SMILES string of the molecule is CC1(C)C=Cc2ccc(CN)cc2O1. The van der Waals surface area contributed by atoms with Crippen molar-refractivity contribution in [3.63, 3.8) is 0 Å². The van der Waals surface area contributed by atoms with E-state index >= 15 is 0 Å². The highest BCUT2D eigenvalue weighted by Crippen LogP contribution is 2.31. The van der Waals surface area contributed by atoms with Gasteiger partial charge in [0, 0.05) is 12.1 Å². The van der Waals surface area contributed by atoms with Crippen LogP contribution in [0.2, 0.25) is 0 Å². The Kier molecular flexibility index (Phi) is 2.08. The second-order valence-corrected chi connectivity index (χ2v) is 4.12. The first-order chi connectivity index (χ1) is 6.61. The lowest BCUT2D eigenvalue weighted by molar-refractivity contribution is 0.159. The highest BCUT2D eigenvalue weighted by atomic mass is 16.5. The maximum atomic E-state index is 5.82. The van der Waals surface area contributed by atoms with Gasteiger partial charge in [-0.3, -0.25) is 0 Å². The van der Waals surface area contributed by atoms with Crippen LogP contribution < -0.4 is 10.5 Å². The first kappa shape index (κ1) is 9.28. The van der Waals surface area contributed by atoms with Crippen molar-refractivity contribution in [2.45, 2.75) is 26.0 Å². The summed E-state index contributed by atoms with van der Waals surface area (Å²) in [5.74, 6) is 0.931. The van der Waals surface area contributed by atoms with Gasteiger partial charge >= 0.3 is 0 Å². The molecule has 2 nitrogen and oxygen atoms in total. The molecule has 1 aliphatic rings. The zero-order valence-corrected chi connectivity index (χ0v) is 8.58. The van der Waals surface area contributed by atoms with Crippen LogP contribution in [0, 0.1) is 0 Å². The van der Waals surface area contributed by atoms with Gasteiger partial charge in [0.05, 0.1) is 0 Å². The van der Waals surface area contributed by atoms with Crippen LogP contribution in [0.25, 0.3) is 6.08 Å². The van der Waals surface area contributed by atoms with E-state index in [0.29, 0.717) is 6.54 Å². The maximum absolute atomic E-state index is 5.82. The number of fused-ring (bicyclic) bond motifs is 1. The Balaban J connectivity index is 2.42. The molecule has 0 saturated heterocycles. The van der Waals surface area contributed by atoms with Crippen molar-refractivity contribution < 1.29 is 4.74 Å². The van der Waals surface area contributed by atoms with E-state index in [0.717, 1.165) is 16.9 Å². The van der Waals surface area contributed by atoms with Crippen LogP contribution in [-0.2, 0) is 6.54 Å². The molecule has 0 fully saturated rings. The molecule has 74 valence electrons. The molecule has 0 amide bonds. The van der Waals surface area contributed by atoms with Gasteiger partial charge in [-0.1, -0.05) is 18.2 Å². The monoisotopic (exact) mass is 189 g/mol. The van der Waals surface area contributed by atoms with Crippen molar-refractivity contribution >= 4 is 6.08 Å². The van der Waals surface area contributed by atoms with Crippen molar-refractivity contribution in [1.82, 2.24) is 0 Å². The predicted molar refractivity (Wildman–Crippen MR) is 58.1 cm³/mol. The van der Waals surface area contributed by atoms with E-state index < -0.39 is 0 Å². The van der Waals surface area contributed by atoms with Crippen molar-refractivity contribution in [3.8, 4) is 5.75 Å². The quantitative estimate of drug-likeness (QED) is 0.735. The van der Waals surface area contributed by atoms with Gasteiger partial charge in [0.1, 0.15) is 11.4 Å². The fourth-order valence-corrected chi connectivity index (χ4v) is 1.54. The topological polar surface area (TPSA) is 35.2 Å². The van der Waals surface area contributed by atoms with Crippen molar-refractivity contribution in [2.75, 3.05) is 0 Å². The molecule has 1 heterocycles. The minimum absolute atomic E-state index is 0.208. The Bertz CT molecular complexity index is 380. The minimum Gasteiger partial charge on any atom is -0.483 e. The number of rotatable bonds is 1. The molecule has 0 saturated carbocycles. The highest BCUT2D eigenvalue weighted by molar-refractivity contribution is 5.61. The standard InChI is InChI=1S/C12H15NO/c1-12(2)6-5-10-4-3-9(8-13)7-11(10)14-12/h3-7H,8,13H2,1-2H3. The predicted octanol–water partition coefficient (Wildman–Crippen LogP) is 2.33. The van der Waals surface area contributed by atoms with Crippen LogP contribution in [0.15, 0.2) is 24.3 Å². The molecule has 1 aromatic rings. The summed E-state index contributed by atoms with van der Waals surface area (Å²) in [6.45, 7) is 4.64. The molecule has 0 atom stereocenters. The van der Waals surface area contributed by atoms with E-state index in [4.69, 9.17) is 10.5 Å². The highest BCUT2D eigenvalue weighted by Gasteiger charge is 2.21. The van der Waals surface area contributed by atoms with Gasteiger partial charge in [0.15, 0.2) is 0 Å². The smallest absolute Gasteiger partial charge is 0.128 e. The van der Waals surface area contributed by atoms with Crippen molar-refractivity contribution in [2.24, 2.45) is 5.73 Å². The van der Waals surface area contributed by atoms with Crippen LogP contribution in [-0.4, -0.2) is 5.60 Å². The van der Waals surface area contributed by atoms with Crippen LogP contribution in [0.3, 0.4) is 0 Å². The molecule has 0 radical (unpaired) electrons. The van der Waals surface area contributed by atoms with E-state index in [1.54, 1.807) is 0 Å². The number of ether oxygens (including phenoxy) is 1. The Morgan fingerprint density at radius 2 is 2.14 bits per heavy atom. The summed E-state index contributed by atoms with van der Waals surface area (Å²) in [6, 6.07) is 6.09. The van der Waals surface area contributed by atoms with Crippen LogP contribution >= 0.6 is 0 Å². The number of hydrogen-bond acceptors (Lipinski definition) is 2. The molecule has 2 heteroatoms. The molecular formula is C12H15NO. The zero-order valence-electron chi connectivity index (χ0n) is 8.58. The first-order valence-electron chi connectivity index (χ1n) is 4.82. The fraction of sp³-hybridized carbons (Fsp3) is 0.333. The lowest BCUT2D eigenvalue weighted by Gasteiger charge is -2.28. The van der Waals surface area contributed by atoms with Gasteiger partial charge < -0.3 is 10.5 Å². The van der Waals surface area contributed by atoms with E-state index in [2.05, 4.69) is 12.2 Å². The van der Waals surface area contributed by atoms with Gasteiger partial charge in [-0.15, -0.1) is 0 Å². The molecule has 1 aliphatic heterocycles. The molecule has 0 aromatic heterocycles. The summed E-state index contributed by atoms with van der Waals surface area (Å²) >= 11 is 0. The fourth-order valence-electron chi connectivity index (χ4n) is 1.54. The average Bonchev–Trinajstić information content (AvgIpc) is 2.15. The van der Waals surface area contributed by atoms with Crippen LogP contribution in [0.1, 0.15) is 25.0 Å². The van der Waals surface area contributed by atoms with Crippen molar-refractivity contribution in [3.05, 3.63) is 35.4 Å². The minimum atomic E-state index is -0.208. The molecule has 0 aliphatic carbocycles. The molecule has 2 rings (SSSR count). The molecule has 0 spiro atoms. The molecule has 0 unspecified atom stereocenters. The van der Waals surface area contributed by atoms with Gasteiger partial charge in [0.25, 0.3) is 0 Å². The van der Waals surface area contributed by atoms with E-state index in [1.165, 1.54) is 0 Å². The third-order valence-electron chi connectivity index (χ3n) is 2.35. The molecular weight excluding hydrogens is 174 g/mol. The van der Waals surface area contributed by atoms with Crippen LogP contribution in [0.4, 0.5) is 0 Å². The molecule has 1 aromatic carbocycles. The third kappa shape index (κ3) is 1.66. The van der Waals surface area contributed by atoms with E-state index in [9.17, 15) is 0 Å². The lowest BCUT2D eigenvalue weighted by atomic mass is 10.0. The van der Waals surface area contributed by atoms with E-state index in [-0.39, 0.29) is 5.60 Å². The summed E-state index contributed by atoms with van der Waals surface area (Å²) < 4.78 is 5.82. The zero-order chi connectivity index (χ0) is 10.2. The Hall–Kier alpha value is -1.28. The number of benzene rings is 1. The van der Waals surface area contributed by atoms with Crippen LogP contribution in [0.5, 0.6) is 5.75 Å². The summed E-state index contributed by atoms with van der Waals surface area (Å²) in [5, 5.41) is 0. The third-order valence-corrected chi connectivity index (χ3v) is 2.35. The molecule has 14 heavy (non-hydrogen) atoms. The van der Waals surface area contributed by atoms with E-state index in [1.807, 2.05) is 32.0 Å². The first-order valence-corrected chi connectivity index (χ1v) is 4.82. The summed E-state index contributed by atoms with van der Waals surface area (Å²) in [7, 11) is 0. The number of hydrogen-bond donors (Lipinski definition) is 1. The largest absolute Gasteiger partial charge is 0.483 e. The summed E-state index contributed by atoms with van der Waals surface area (Å²) in [6.07, 6.45) is 4.16. The summed E-state index contributed by atoms with van der Waals surface area (Å²) in [4.78, 5) is 0. The second-order valence-electron chi connectivity index (χ2n) is 4.12. The van der Waals surface area contributed by atoms with Gasteiger partial charge in [0.2, 0.25) is 0 Å². The second kappa shape index (κ2) is 3.14. The normalized spacial score (nSPS) is 17.4. The lowest BCUT2D eigenvalue weighted by Crippen LogP contribution is -2.27. The molecule has 0 bridgehead atoms. The molecule has 2 N–H and O–H groups in total. The Morgan fingerprint density at radius 1 is 1.36 bits per heavy atom.